The van der Waals surface area contributed by atoms with E-state index in [-0.39, 0.29) is 12.1 Å². The molecule has 16 heavy (non-hydrogen) atoms. The molecule has 1 aliphatic heterocycles. The Balaban J connectivity index is 1.86. The van der Waals surface area contributed by atoms with E-state index in [1.54, 1.807) is 0 Å². The summed E-state index contributed by atoms with van der Waals surface area (Å²) >= 11 is 0. The number of carbonyl (C=O) groups excluding carboxylic acids is 1. The van der Waals surface area contributed by atoms with Gasteiger partial charge in [-0.3, -0.25) is 0 Å². The molecule has 1 saturated carbocycles. The maximum atomic E-state index is 11.7. The van der Waals surface area contributed by atoms with Crippen LogP contribution in [-0.4, -0.2) is 30.8 Å². The van der Waals surface area contributed by atoms with Crippen molar-refractivity contribution in [1.82, 2.24) is 10.6 Å². The van der Waals surface area contributed by atoms with E-state index in [4.69, 9.17) is 4.74 Å². The Morgan fingerprint density at radius 1 is 1.38 bits per heavy atom. The molecule has 1 spiro atoms. The number of nitrogens with one attached hydrogen (secondary N) is 2. The molecule has 0 bridgehead atoms. The summed E-state index contributed by atoms with van der Waals surface area (Å²) in [6.45, 7) is 7.61. The van der Waals surface area contributed by atoms with Gasteiger partial charge in [-0.25, -0.2) is 4.79 Å². The van der Waals surface area contributed by atoms with Gasteiger partial charge in [-0.2, -0.15) is 0 Å². The summed E-state index contributed by atoms with van der Waals surface area (Å²) in [5.41, 5.74) is -0.0367. The molecule has 4 heteroatoms. The van der Waals surface area contributed by atoms with Crippen LogP contribution >= 0.6 is 0 Å². The van der Waals surface area contributed by atoms with Gasteiger partial charge in [0.25, 0.3) is 0 Å². The van der Waals surface area contributed by atoms with E-state index in [1.165, 1.54) is 19.3 Å². The van der Waals surface area contributed by atoms with Gasteiger partial charge in [0.2, 0.25) is 0 Å². The molecule has 2 rings (SSSR count). The maximum Gasteiger partial charge on any atom is 0.407 e. The quantitative estimate of drug-likeness (QED) is 0.715. The van der Waals surface area contributed by atoms with Gasteiger partial charge in [0, 0.05) is 6.54 Å². The van der Waals surface area contributed by atoms with E-state index in [9.17, 15) is 4.79 Å². The van der Waals surface area contributed by atoms with Crippen LogP contribution in [0, 0.1) is 5.41 Å². The average molecular weight is 226 g/mol. The molecule has 2 fully saturated rings. The highest BCUT2D eigenvalue weighted by atomic mass is 16.6. The maximum absolute atomic E-state index is 11.7. The minimum absolute atomic E-state index is 0.246. The molecule has 1 heterocycles. The third kappa shape index (κ3) is 2.67. The fourth-order valence-corrected chi connectivity index (χ4v) is 2.39. The first-order valence-corrected chi connectivity index (χ1v) is 6.12. The van der Waals surface area contributed by atoms with E-state index in [2.05, 4.69) is 10.6 Å². The van der Waals surface area contributed by atoms with Crippen molar-refractivity contribution in [2.24, 2.45) is 5.41 Å². The van der Waals surface area contributed by atoms with Crippen molar-refractivity contribution in [1.29, 1.82) is 0 Å². The number of alkyl carbamates (subject to hydrolysis) is 1. The number of rotatable bonds is 1. The average Bonchev–Trinajstić information content (AvgIpc) is 2.87. The number of hydrogen-bond donors (Lipinski definition) is 2. The smallest absolute Gasteiger partial charge is 0.407 e. The Labute approximate surface area is 97.1 Å². The van der Waals surface area contributed by atoms with Crippen molar-refractivity contribution in [3.05, 3.63) is 0 Å². The molecule has 1 aliphatic carbocycles. The van der Waals surface area contributed by atoms with E-state index < -0.39 is 5.60 Å². The molecule has 4 nitrogen and oxygen atoms in total. The first-order valence-electron chi connectivity index (χ1n) is 6.12. The summed E-state index contributed by atoms with van der Waals surface area (Å²) < 4.78 is 5.28. The topological polar surface area (TPSA) is 50.4 Å². The number of ether oxygens (including phenoxy) is 1. The number of piperidine rings is 1. The lowest BCUT2D eigenvalue weighted by atomic mass is 9.89. The molecule has 0 aromatic carbocycles. The second-order valence-electron chi connectivity index (χ2n) is 6.02. The van der Waals surface area contributed by atoms with Gasteiger partial charge >= 0.3 is 6.09 Å². The lowest BCUT2D eigenvalue weighted by molar-refractivity contribution is 0.0466. The summed E-state index contributed by atoms with van der Waals surface area (Å²) in [6, 6.07) is 0.246. The van der Waals surface area contributed by atoms with Crippen LogP contribution in [0.2, 0.25) is 0 Å². The van der Waals surface area contributed by atoms with Gasteiger partial charge < -0.3 is 15.4 Å². The predicted molar refractivity (Wildman–Crippen MR) is 62.3 cm³/mol. The minimum Gasteiger partial charge on any atom is -0.444 e. The predicted octanol–water partition coefficient (Wildman–Crippen LogP) is 1.65. The first-order chi connectivity index (χ1) is 7.41. The zero-order chi connectivity index (χ0) is 11.8. The minimum atomic E-state index is -0.414. The molecule has 0 aromatic heterocycles. The Morgan fingerprint density at radius 3 is 2.62 bits per heavy atom. The molecule has 92 valence electrons. The molecule has 0 aromatic rings. The second-order valence-corrected chi connectivity index (χ2v) is 6.02. The summed E-state index contributed by atoms with van der Waals surface area (Å²) in [6.07, 6.45) is 3.38. The van der Waals surface area contributed by atoms with Gasteiger partial charge in [-0.05, 0) is 52.0 Å². The lowest BCUT2D eigenvalue weighted by Crippen LogP contribution is -2.53. The van der Waals surface area contributed by atoms with Gasteiger partial charge in [0.05, 0.1) is 6.04 Å². The Kier molecular flexibility index (Phi) is 2.86. The lowest BCUT2D eigenvalue weighted by Gasteiger charge is -2.33. The van der Waals surface area contributed by atoms with Crippen LogP contribution < -0.4 is 10.6 Å². The summed E-state index contributed by atoms with van der Waals surface area (Å²) in [5.74, 6) is 0. The molecule has 1 saturated heterocycles. The van der Waals surface area contributed by atoms with Crippen LogP contribution in [-0.2, 0) is 4.74 Å². The van der Waals surface area contributed by atoms with Crippen LogP contribution in [0.5, 0.6) is 0 Å². The molecule has 0 radical (unpaired) electrons. The Hall–Kier alpha value is -0.770. The zero-order valence-electron chi connectivity index (χ0n) is 10.4. The van der Waals surface area contributed by atoms with Crippen molar-refractivity contribution in [2.75, 3.05) is 13.1 Å². The van der Waals surface area contributed by atoms with Crippen molar-refractivity contribution < 1.29 is 9.53 Å². The number of carbonyl (C=O) groups is 1. The van der Waals surface area contributed by atoms with Crippen LogP contribution in [0.25, 0.3) is 0 Å². The van der Waals surface area contributed by atoms with Crippen molar-refractivity contribution in [3.63, 3.8) is 0 Å². The first kappa shape index (κ1) is 11.7. The van der Waals surface area contributed by atoms with Crippen LogP contribution in [0.15, 0.2) is 0 Å². The van der Waals surface area contributed by atoms with Crippen molar-refractivity contribution in [2.45, 2.75) is 51.7 Å². The second kappa shape index (κ2) is 3.91. The third-order valence-electron chi connectivity index (χ3n) is 3.47. The molecule has 2 aliphatic rings. The standard InChI is InChI=1S/C12H22N2O2/c1-11(2,3)16-10(15)14-9-8-13-7-6-12(9)4-5-12/h9,13H,4-8H2,1-3H3,(H,14,15). The van der Waals surface area contributed by atoms with E-state index in [1.807, 2.05) is 20.8 Å². The number of amides is 1. The van der Waals surface area contributed by atoms with Crippen LogP contribution in [0.1, 0.15) is 40.0 Å². The zero-order valence-corrected chi connectivity index (χ0v) is 10.4. The highest BCUT2D eigenvalue weighted by molar-refractivity contribution is 5.68. The van der Waals surface area contributed by atoms with Gasteiger partial charge in [0.1, 0.15) is 5.60 Å². The van der Waals surface area contributed by atoms with E-state index in [0.29, 0.717) is 5.41 Å². The third-order valence-corrected chi connectivity index (χ3v) is 3.47. The number of hydrogen-bond acceptors (Lipinski definition) is 3. The molecule has 1 atom stereocenters. The molecule has 2 N–H and O–H groups in total. The molecule has 1 amide bonds. The Morgan fingerprint density at radius 2 is 2.06 bits per heavy atom. The fraction of sp³-hybridized carbons (Fsp3) is 0.917. The Bertz CT molecular complexity index is 279. The van der Waals surface area contributed by atoms with Crippen molar-refractivity contribution in [3.8, 4) is 0 Å². The van der Waals surface area contributed by atoms with Gasteiger partial charge in [-0.15, -0.1) is 0 Å². The highest BCUT2D eigenvalue weighted by Gasteiger charge is 2.51. The summed E-state index contributed by atoms with van der Waals surface area (Å²) in [5, 5.41) is 6.33. The molecular weight excluding hydrogens is 204 g/mol. The molecular formula is C12H22N2O2. The fourth-order valence-electron chi connectivity index (χ4n) is 2.39. The summed E-state index contributed by atoms with van der Waals surface area (Å²) in [7, 11) is 0. The van der Waals surface area contributed by atoms with E-state index in [0.717, 1.165) is 13.1 Å². The normalized spacial score (nSPS) is 27.6. The monoisotopic (exact) mass is 226 g/mol. The molecule has 1 unspecified atom stereocenters. The van der Waals surface area contributed by atoms with Gasteiger partial charge in [-0.1, -0.05) is 0 Å². The van der Waals surface area contributed by atoms with E-state index >= 15 is 0 Å². The highest BCUT2D eigenvalue weighted by Crippen LogP contribution is 2.52. The van der Waals surface area contributed by atoms with Crippen molar-refractivity contribution >= 4 is 6.09 Å². The largest absolute Gasteiger partial charge is 0.444 e. The summed E-state index contributed by atoms with van der Waals surface area (Å²) in [4.78, 5) is 11.7. The van der Waals surface area contributed by atoms with Crippen LogP contribution in [0.3, 0.4) is 0 Å². The van der Waals surface area contributed by atoms with Gasteiger partial charge in [0.15, 0.2) is 0 Å². The SMILES string of the molecule is CC(C)(C)OC(=O)NC1CNCCC12CC2. The van der Waals surface area contributed by atoms with Crippen LogP contribution in [0.4, 0.5) is 4.79 Å².